The number of carbonyl (C=O) groups is 1. The number of rotatable bonds is 4. The summed E-state index contributed by atoms with van der Waals surface area (Å²) in [6, 6.07) is 10.7. The van der Waals surface area contributed by atoms with Gasteiger partial charge in [-0.3, -0.25) is 9.89 Å². The van der Waals surface area contributed by atoms with Gasteiger partial charge in [-0.05, 0) is 30.3 Å². The standard InChI is InChI=1S/C19H17Cl2N5OS/c20-13-10-12(26-6-8-28-9-7-26)11-14(21)18(13)24-19(27)17-3-1-2-15(23-17)16-4-5-22-25-16/h1-5,10-11H,6-9H2,(H,22,25)(H,24,27). The summed E-state index contributed by atoms with van der Waals surface area (Å²) in [5.41, 5.74) is 2.97. The van der Waals surface area contributed by atoms with Gasteiger partial charge in [0.15, 0.2) is 0 Å². The molecular weight excluding hydrogens is 417 g/mol. The molecule has 0 spiro atoms. The Kier molecular flexibility index (Phi) is 5.75. The van der Waals surface area contributed by atoms with Crippen molar-refractivity contribution in [2.45, 2.75) is 0 Å². The molecule has 3 aromatic rings. The SMILES string of the molecule is O=C(Nc1c(Cl)cc(N2CCSCC2)cc1Cl)c1cccc(-c2ccn[nH]2)n1. The van der Waals surface area contributed by atoms with E-state index in [1.165, 1.54) is 0 Å². The average Bonchev–Trinajstić information content (AvgIpc) is 3.26. The molecule has 1 amide bonds. The van der Waals surface area contributed by atoms with Gasteiger partial charge in [-0.1, -0.05) is 29.3 Å². The molecule has 9 heteroatoms. The number of anilines is 2. The maximum absolute atomic E-state index is 12.7. The van der Waals surface area contributed by atoms with Crippen LogP contribution in [0.2, 0.25) is 10.0 Å². The molecule has 0 atom stereocenters. The van der Waals surface area contributed by atoms with Crippen LogP contribution in [0.15, 0.2) is 42.6 Å². The van der Waals surface area contributed by atoms with Crippen LogP contribution in [-0.2, 0) is 0 Å². The Labute approximate surface area is 176 Å². The van der Waals surface area contributed by atoms with Gasteiger partial charge in [0.2, 0.25) is 0 Å². The molecule has 1 aliphatic heterocycles. The van der Waals surface area contributed by atoms with Crippen LogP contribution in [0.25, 0.3) is 11.4 Å². The fourth-order valence-electron chi connectivity index (χ4n) is 2.97. The van der Waals surface area contributed by atoms with Crippen LogP contribution in [0.3, 0.4) is 0 Å². The molecule has 3 heterocycles. The number of H-pyrrole nitrogens is 1. The summed E-state index contributed by atoms with van der Waals surface area (Å²) < 4.78 is 0. The molecule has 0 radical (unpaired) electrons. The number of hydrogen-bond acceptors (Lipinski definition) is 5. The number of benzene rings is 1. The molecule has 2 N–H and O–H groups in total. The Balaban J connectivity index is 1.55. The van der Waals surface area contributed by atoms with E-state index >= 15 is 0 Å². The molecule has 1 aliphatic rings. The van der Waals surface area contributed by atoms with Crippen molar-refractivity contribution in [1.29, 1.82) is 0 Å². The lowest BCUT2D eigenvalue weighted by Crippen LogP contribution is -2.32. The molecule has 2 aromatic heterocycles. The molecule has 0 bridgehead atoms. The van der Waals surface area contributed by atoms with Gasteiger partial charge < -0.3 is 10.2 Å². The topological polar surface area (TPSA) is 73.9 Å². The number of carbonyl (C=O) groups excluding carboxylic acids is 1. The molecule has 6 nitrogen and oxygen atoms in total. The van der Waals surface area contributed by atoms with Crippen molar-refractivity contribution in [3.8, 4) is 11.4 Å². The minimum Gasteiger partial charge on any atom is -0.370 e. The fraction of sp³-hybridized carbons (Fsp3) is 0.211. The largest absolute Gasteiger partial charge is 0.370 e. The van der Waals surface area contributed by atoms with Gasteiger partial charge in [-0.25, -0.2) is 4.98 Å². The highest BCUT2D eigenvalue weighted by Gasteiger charge is 2.18. The van der Waals surface area contributed by atoms with Crippen molar-refractivity contribution in [1.82, 2.24) is 15.2 Å². The number of nitrogens with zero attached hydrogens (tertiary/aromatic N) is 3. The second-order valence-electron chi connectivity index (χ2n) is 6.22. The quantitative estimate of drug-likeness (QED) is 0.629. The molecular formula is C19H17Cl2N5OS. The minimum absolute atomic E-state index is 0.261. The summed E-state index contributed by atoms with van der Waals surface area (Å²) >= 11 is 14.8. The van der Waals surface area contributed by atoms with Crippen LogP contribution < -0.4 is 10.2 Å². The fourth-order valence-corrected chi connectivity index (χ4v) is 4.44. The van der Waals surface area contributed by atoms with Gasteiger partial charge in [0.1, 0.15) is 5.69 Å². The molecule has 1 aromatic carbocycles. The van der Waals surface area contributed by atoms with Gasteiger partial charge in [0, 0.05) is 36.5 Å². The maximum Gasteiger partial charge on any atom is 0.274 e. The van der Waals surface area contributed by atoms with E-state index in [4.69, 9.17) is 23.2 Å². The van der Waals surface area contributed by atoms with E-state index in [0.29, 0.717) is 21.4 Å². The molecule has 4 rings (SSSR count). The Morgan fingerprint density at radius 3 is 2.57 bits per heavy atom. The summed E-state index contributed by atoms with van der Waals surface area (Å²) in [5.74, 6) is 1.77. The van der Waals surface area contributed by atoms with Gasteiger partial charge in [-0.15, -0.1) is 0 Å². The smallest absolute Gasteiger partial charge is 0.274 e. The van der Waals surface area contributed by atoms with Gasteiger partial charge in [0.05, 0.1) is 27.1 Å². The maximum atomic E-state index is 12.7. The van der Waals surface area contributed by atoms with Crippen LogP contribution in [-0.4, -0.2) is 45.7 Å². The molecule has 0 unspecified atom stereocenters. The normalized spacial score (nSPS) is 14.1. The van der Waals surface area contributed by atoms with Crippen molar-refractivity contribution in [2.75, 3.05) is 34.8 Å². The summed E-state index contributed by atoms with van der Waals surface area (Å²) in [6.07, 6.45) is 1.63. The van der Waals surface area contributed by atoms with Gasteiger partial charge in [-0.2, -0.15) is 16.9 Å². The number of halogens is 2. The number of nitrogens with one attached hydrogen (secondary N) is 2. The van der Waals surface area contributed by atoms with E-state index in [9.17, 15) is 4.79 Å². The Hall–Kier alpha value is -2.22. The summed E-state index contributed by atoms with van der Waals surface area (Å²) in [7, 11) is 0. The zero-order valence-electron chi connectivity index (χ0n) is 14.8. The lowest BCUT2D eigenvalue weighted by atomic mass is 10.2. The van der Waals surface area contributed by atoms with Crippen LogP contribution in [0.1, 0.15) is 10.5 Å². The third-order valence-corrected chi connectivity index (χ3v) is 5.94. The zero-order chi connectivity index (χ0) is 19.5. The molecule has 28 heavy (non-hydrogen) atoms. The number of thioether (sulfide) groups is 1. The van der Waals surface area contributed by atoms with Gasteiger partial charge in [0.25, 0.3) is 5.91 Å². The Morgan fingerprint density at radius 1 is 1.14 bits per heavy atom. The first kappa shape index (κ1) is 19.1. The van der Waals surface area contributed by atoms with Crippen molar-refractivity contribution >= 4 is 52.2 Å². The first-order chi connectivity index (χ1) is 13.6. The number of amides is 1. The van der Waals surface area contributed by atoms with E-state index in [2.05, 4.69) is 25.4 Å². The minimum atomic E-state index is -0.382. The van der Waals surface area contributed by atoms with Crippen LogP contribution in [0.5, 0.6) is 0 Å². The number of pyridine rings is 1. The predicted molar refractivity (Wildman–Crippen MR) is 116 cm³/mol. The molecule has 1 saturated heterocycles. The predicted octanol–water partition coefficient (Wildman–Crippen LogP) is 4.58. The number of aromatic nitrogens is 3. The summed E-state index contributed by atoms with van der Waals surface area (Å²) in [4.78, 5) is 19.3. The second-order valence-corrected chi connectivity index (χ2v) is 8.26. The van der Waals surface area contributed by atoms with Crippen molar-refractivity contribution in [2.24, 2.45) is 0 Å². The van der Waals surface area contributed by atoms with E-state index in [-0.39, 0.29) is 11.6 Å². The Bertz CT molecular complexity index is 967. The lowest BCUT2D eigenvalue weighted by molar-refractivity contribution is 0.102. The highest BCUT2D eigenvalue weighted by Crippen LogP contribution is 2.36. The van der Waals surface area contributed by atoms with Crippen molar-refractivity contribution in [3.63, 3.8) is 0 Å². The zero-order valence-corrected chi connectivity index (χ0v) is 17.1. The molecule has 0 saturated carbocycles. The monoisotopic (exact) mass is 433 g/mol. The highest BCUT2D eigenvalue weighted by molar-refractivity contribution is 7.99. The lowest BCUT2D eigenvalue weighted by Gasteiger charge is -2.29. The van der Waals surface area contributed by atoms with Crippen LogP contribution in [0, 0.1) is 0 Å². The van der Waals surface area contributed by atoms with Crippen LogP contribution in [0.4, 0.5) is 11.4 Å². The molecule has 1 fully saturated rings. The molecule has 0 aliphatic carbocycles. The Morgan fingerprint density at radius 2 is 1.89 bits per heavy atom. The second kappa shape index (κ2) is 8.43. The van der Waals surface area contributed by atoms with Crippen molar-refractivity contribution in [3.05, 3.63) is 58.3 Å². The van der Waals surface area contributed by atoms with Crippen molar-refractivity contribution < 1.29 is 4.79 Å². The average molecular weight is 434 g/mol. The third kappa shape index (κ3) is 4.11. The highest BCUT2D eigenvalue weighted by atomic mass is 35.5. The van der Waals surface area contributed by atoms with E-state index < -0.39 is 0 Å². The third-order valence-electron chi connectivity index (χ3n) is 4.40. The summed E-state index contributed by atoms with van der Waals surface area (Å²) in [6.45, 7) is 1.90. The van der Waals surface area contributed by atoms with E-state index in [1.807, 2.05) is 23.9 Å². The van der Waals surface area contributed by atoms with Crippen LogP contribution >= 0.6 is 35.0 Å². The summed E-state index contributed by atoms with van der Waals surface area (Å²) in [5, 5.41) is 10.3. The van der Waals surface area contributed by atoms with E-state index in [0.717, 1.165) is 36.0 Å². The first-order valence-corrected chi connectivity index (χ1v) is 10.6. The van der Waals surface area contributed by atoms with Gasteiger partial charge >= 0.3 is 0 Å². The number of aromatic amines is 1. The first-order valence-electron chi connectivity index (χ1n) is 8.72. The van der Waals surface area contributed by atoms with E-state index in [1.54, 1.807) is 30.5 Å². The number of hydrogen-bond donors (Lipinski definition) is 2. The molecule has 144 valence electrons.